The van der Waals surface area contributed by atoms with Crippen molar-refractivity contribution in [3.8, 4) is 0 Å². The third-order valence-corrected chi connectivity index (χ3v) is 2.54. The summed E-state index contributed by atoms with van der Waals surface area (Å²) in [5, 5.41) is 16.9. The van der Waals surface area contributed by atoms with Crippen LogP contribution in [0.3, 0.4) is 0 Å². The summed E-state index contributed by atoms with van der Waals surface area (Å²) in [4.78, 5) is 10.2. The Labute approximate surface area is 101 Å². The van der Waals surface area contributed by atoms with Crippen LogP contribution in [0.2, 0.25) is 0 Å². The molecule has 1 aliphatic heterocycles. The highest BCUT2D eigenvalue weighted by atomic mass is 16.5. The zero-order chi connectivity index (χ0) is 12.7. The highest BCUT2D eigenvalue weighted by molar-refractivity contribution is 5.87. The quantitative estimate of drug-likeness (QED) is 0.826. The molecule has 0 aromatic heterocycles. The summed E-state index contributed by atoms with van der Waals surface area (Å²) < 4.78 is 5.26. The van der Waals surface area contributed by atoms with Crippen molar-refractivity contribution in [3.05, 3.63) is 35.9 Å². The van der Waals surface area contributed by atoms with Gasteiger partial charge in [0.15, 0.2) is 0 Å². The Morgan fingerprint density at radius 3 is 2.29 bits per heavy atom. The average molecular weight is 238 g/mol. The summed E-state index contributed by atoms with van der Waals surface area (Å²) in [5.41, 5.74) is 0.331. The largest absolute Gasteiger partial charge is 0.478 e. The Bertz CT molecular complexity index is 337. The van der Waals surface area contributed by atoms with Gasteiger partial charge in [0.25, 0.3) is 0 Å². The maximum atomic E-state index is 10.2. The predicted molar refractivity (Wildman–Crippen MR) is 64.1 cm³/mol. The van der Waals surface area contributed by atoms with E-state index in [4.69, 9.17) is 14.9 Å². The van der Waals surface area contributed by atoms with Crippen LogP contribution >= 0.6 is 0 Å². The molecule has 1 aromatic carbocycles. The molecule has 0 spiro atoms. The molecule has 17 heavy (non-hydrogen) atoms. The first kappa shape index (κ1) is 13.7. The normalized spacial score (nSPS) is 22.7. The van der Waals surface area contributed by atoms with E-state index in [0.29, 0.717) is 11.7 Å². The van der Waals surface area contributed by atoms with Crippen molar-refractivity contribution >= 4 is 5.97 Å². The lowest BCUT2D eigenvalue weighted by atomic mass is 10.2. The first-order chi connectivity index (χ1) is 8.13. The van der Waals surface area contributed by atoms with Gasteiger partial charge in [-0.25, -0.2) is 4.79 Å². The molecule has 0 amide bonds. The molecule has 0 saturated carbocycles. The van der Waals surface area contributed by atoms with Crippen LogP contribution in [0.25, 0.3) is 0 Å². The molecular weight excluding hydrogens is 220 g/mol. The zero-order valence-corrected chi connectivity index (χ0v) is 9.87. The van der Waals surface area contributed by atoms with Crippen LogP contribution in [0, 0.1) is 0 Å². The maximum Gasteiger partial charge on any atom is 0.335 e. The molecule has 2 N–H and O–H groups in total. The van der Waals surface area contributed by atoms with Gasteiger partial charge in [0, 0.05) is 0 Å². The molecule has 1 heterocycles. The second-order valence-corrected chi connectivity index (χ2v) is 4.00. The van der Waals surface area contributed by atoms with Crippen molar-refractivity contribution in [2.45, 2.75) is 32.0 Å². The van der Waals surface area contributed by atoms with Gasteiger partial charge >= 0.3 is 5.97 Å². The molecule has 2 atom stereocenters. The van der Waals surface area contributed by atoms with Gasteiger partial charge < -0.3 is 14.9 Å². The van der Waals surface area contributed by atoms with Gasteiger partial charge in [0.05, 0.1) is 24.4 Å². The SMILES string of the molecule is CC1CCC(CO)O1.O=C(O)c1ccccc1. The highest BCUT2D eigenvalue weighted by Crippen LogP contribution is 2.17. The van der Waals surface area contributed by atoms with Crippen molar-refractivity contribution in [2.24, 2.45) is 0 Å². The van der Waals surface area contributed by atoms with Gasteiger partial charge in [-0.3, -0.25) is 0 Å². The van der Waals surface area contributed by atoms with E-state index in [1.54, 1.807) is 30.3 Å². The summed E-state index contributed by atoms with van der Waals surface area (Å²) in [7, 11) is 0. The standard InChI is InChI=1S/C7H6O2.C6H12O2/c8-7(9)6-4-2-1-3-5-6;1-5-2-3-6(4-7)8-5/h1-5H,(H,8,9);5-7H,2-4H2,1H3. The van der Waals surface area contributed by atoms with Gasteiger partial charge in [-0.05, 0) is 31.9 Å². The Hall–Kier alpha value is -1.39. The number of carboxylic acids is 1. The zero-order valence-electron chi connectivity index (χ0n) is 9.87. The summed E-state index contributed by atoms with van der Waals surface area (Å²) in [6.07, 6.45) is 2.63. The van der Waals surface area contributed by atoms with Crippen molar-refractivity contribution in [1.29, 1.82) is 0 Å². The monoisotopic (exact) mass is 238 g/mol. The number of carboxylic acid groups (broad SMARTS) is 1. The van der Waals surface area contributed by atoms with Crippen LogP contribution in [0.4, 0.5) is 0 Å². The number of aliphatic hydroxyl groups is 1. The molecule has 4 nitrogen and oxygen atoms in total. The number of aromatic carboxylic acids is 1. The van der Waals surface area contributed by atoms with E-state index in [-0.39, 0.29) is 12.7 Å². The minimum absolute atomic E-state index is 0.130. The van der Waals surface area contributed by atoms with Crippen LogP contribution in [-0.4, -0.2) is 35.0 Å². The second kappa shape index (κ2) is 7.04. The lowest BCUT2D eigenvalue weighted by Crippen LogP contribution is -2.11. The second-order valence-electron chi connectivity index (χ2n) is 4.00. The lowest BCUT2D eigenvalue weighted by molar-refractivity contribution is 0.0198. The minimum Gasteiger partial charge on any atom is -0.478 e. The molecule has 2 rings (SSSR count). The number of ether oxygens (including phenoxy) is 1. The van der Waals surface area contributed by atoms with E-state index in [1.165, 1.54) is 0 Å². The van der Waals surface area contributed by atoms with E-state index in [0.717, 1.165) is 12.8 Å². The Kier molecular flexibility index (Phi) is 5.66. The molecule has 1 fully saturated rings. The number of rotatable bonds is 2. The number of aliphatic hydroxyl groups excluding tert-OH is 1. The van der Waals surface area contributed by atoms with Gasteiger partial charge in [0.2, 0.25) is 0 Å². The summed E-state index contributed by atoms with van der Waals surface area (Å²) in [6, 6.07) is 8.30. The average Bonchev–Trinajstić information content (AvgIpc) is 2.77. The molecular formula is C13H18O4. The van der Waals surface area contributed by atoms with Crippen molar-refractivity contribution in [3.63, 3.8) is 0 Å². The molecule has 0 bridgehead atoms. The third kappa shape index (κ3) is 4.97. The Balaban J connectivity index is 0.000000171. The fourth-order valence-electron chi connectivity index (χ4n) is 1.60. The van der Waals surface area contributed by atoms with Crippen LogP contribution in [0.15, 0.2) is 30.3 Å². The van der Waals surface area contributed by atoms with Crippen LogP contribution in [0.1, 0.15) is 30.1 Å². The number of hydrogen-bond donors (Lipinski definition) is 2. The lowest BCUT2D eigenvalue weighted by Gasteiger charge is -2.05. The maximum absolute atomic E-state index is 10.2. The van der Waals surface area contributed by atoms with Gasteiger partial charge in [-0.1, -0.05) is 18.2 Å². The van der Waals surface area contributed by atoms with Gasteiger partial charge in [0.1, 0.15) is 0 Å². The Morgan fingerprint density at radius 2 is 2.00 bits per heavy atom. The van der Waals surface area contributed by atoms with Crippen LogP contribution in [0.5, 0.6) is 0 Å². The van der Waals surface area contributed by atoms with Crippen LogP contribution in [-0.2, 0) is 4.74 Å². The molecule has 1 aromatic rings. The number of carbonyl (C=O) groups is 1. The summed E-state index contributed by atoms with van der Waals surface area (Å²) >= 11 is 0. The highest BCUT2D eigenvalue weighted by Gasteiger charge is 2.19. The van der Waals surface area contributed by atoms with E-state index in [9.17, 15) is 4.79 Å². The number of benzene rings is 1. The molecule has 4 heteroatoms. The van der Waals surface area contributed by atoms with E-state index in [2.05, 4.69) is 0 Å². The minimum atomic E-state index is -0.879. The molecule has 94 valence electrons. The van der Waals surface area contributed by atoms with E-state index >= 15 is 0 Å². The smallest absolute Gasteiger partial charge is 0.335 e. The molecule has 1 aliphatic rings. The molecule has 0 aliphatic carbocycles. The fourth-order valence-corrected chi connectivity index (χ4v) is 1.60. The first-order valence-corrected chi connectivity index (χ1v) is 5.68. The predicted octanol–water partition coefficient (Wildman–Crippen LogP) is 1.93. The van der Waals surface area contributed by atoms with Crippen molar-refractivity contribution < 1.29 is 19.7 Å². The Morgan fingerprint density at radius 1 is 1.35 bits per heavy atom. The third-order valence-electron chi connectivity index (χ3n) is 2.54. The first-order valence-electron chi connectivity index (χ1n) is 5.68. The van der Waals surface area contributed by atoms with Gasteiger partial charge in [-0.2, -0.15) is 0 Å². The molecule has 1 saturated heterocycles. The molecule has 2 unspecified atom stereocenters. The van der Waals surface area contributed by atoms with E-state index < -0.39 is 5.97 Å². The topological polar surface area (TPSA) is 66.8 Å². The summed E-state index contributed by atoms with van der Waals surface area (Å²) in [5.74, 6) is -0.879. The number of hydrogen-bond acceptors (Lipinski definition) is 3. The van der Waals surface area contributed by atoms with E-state index in [1.807, 2.05) is 6.92 Å². The van der Waals surface area contributed by atoms with Crippen LogP contribution < -0.4 is 0 Å². The van der Waals surface area contributed by atoms with Crippen molar-refractivity contribution in [2.75, 3.05) is 6.61 Å². The summed E-state index contributed by atoms with van der Waals surface area (Å²) in [6.45, 7) is 2.22. The molecule has 0 radical (unpaired) electrons. The fraction of sp³-hybridized carbons (Fsp3) is 0.462. The van der Waals surface area contributed by atoms with Gasteiger partial charge in [-0.15, -0.1) is 0 Å². The van der Waals surface area contributed by atoms with Crippen molar-refractivity contribution in [1.82, 2.24) is 0 Å².